The molecule has 182 valence electrons. The molecule has 7 heteroatoms. The van der Waals surface area contributed by atoms with Crippen LogP contribution in [0.2, 0.25) is 0 Å². The molecule has 0 atom stereocenters. The van der Waals surface area contributed by atoms with E-state index >= 15 is 0 Å². The van der Waals surface area contributed by atoms with Crippen LogP contribution in [0.15, 0.2) is 72.8 Å². The van der Waals surface area contributed by atoms with Crippen LogP contribution in [0.4, 0.5) is 5.69 Å². The molecule has 0 unspecified atom stereocenters. The summed E-state index contributed by atoms with van der Waals surface area (Å²) in [6, 6.07) is 23.6. The number of anilines is 1. The minimum Gasteiger partial charge on any atom is -0.488 e. The Morgan fingerprint density at radius 3 is 2.49 bits per heavy atom. The van der Waals surface area contributed by atoms with Crippen LogP contribution in [0.5, 0.6) is 11.5 Å². The second-order valence-electron chi connectivity index (χ2n) is 8.77. The quantitative estimate of drug-likeness (QED) is 0.359. The van der Waals surface area contributed by atoms with Crippen LogP contribution in [0.3, 0.4) is 0 Å². The van der Waals surface area contributed by atoms with Crippen LogP contribution in [-0.4, -0.2) is 53.5 Å². The number of carbonyl (C=O) groups is 1. The molecule has 3 aromatic carbocycles. The molecule has 35 heavy (non-hydrogen) atoms. The van der Waals surface area contributed by atoms with E-state index in [1.165, 1.54) is 0 Å². The summed E-state index contributed by atoms with van der Waals surface area (Å²) in [7, 11) is 0. The fourth-order valence-corrected chi connectivity index (χ4v) is 5.44. The molecule has 2 aliphatic rings. The van der Waals surface area contributed by atoms with Crippen LogP contribution >= 0.6 is 12.1 Å². The van der Waals surface area contributed by atoms with Crippen molar-refractivity contribution in [2.75, 3.05) is 37.8 Å². The Balaban J connectivity index is 1.18. The Hall–Kier alpha value is -3.00. The van der Waals surface area contributed by atoms with Gasteiger partial charge in [-0.05, 0) is 53.9 Å². The highest BCUT2D eigenvalue weighted by atomic mass is 32.2. The Bertz CT molecular complexity index is 1150. The molecule has 0 aromatic heterocycles. The third-order valence-electron chi connectivity index (χ3n) is 6.24. The van der Waals surface area contributed by atoms with Crippen LogP contribution < -0.4 is 14.4 Å². The van der Waals surface area contributed by atoms with E-state index in [0.29, 0.717) is 11.3 Å². The van der Waals surface area contributed by atoms with Gasteiger partial charge in [0.2, 0.25) is 0 Å². The van der Waals surface area contributed by atoms with Gasteiger partial charge in [0.1, 0.15) is 17.6 Å². The van der Waals surface area contributed by atoms with E-state index in [2.05, 4.69) is 34.6 Å². The van der Waals surface area contributed by atoms with Gasteiger partial charge in [-0.2, -0.15) is 0 Å². The third-order valence-corrected chi connectivity index (χ3v) is 7.44. The van der Waals surface area contributed by atoms with E-state index in [4.69, 9.17) is 9.47 Å². The number of fused-ring (bicyclic) bond motifs is 1. The van der Waals surface area contributed by atoms with Gasteiger partial charge in [-0.3, -0.25) is 9.69 Å². The molecule has 1 saturated heterocycles. The maximum Gasteiger partial charge on any atom is 0.264 e. The summed E-state index contributed by atoms with van der Waals surface area (Å²) in [5.41, 5.74) is 3.51. The SMILES string of the molecule is CCCN(CC)SN1CC(Oc2ccc(N3COc4cc(-c5ccccc5)ccc4C3=O)cc2)C1. The van der Waals surface area contributed by atoms with Crippen molar-refractivity contribution in [1.29, 1.82) is 0 Å². The molecule has 0 N–H and O–H groups in total. The summed E-state index contributed by atoms with van der Waals surface area (Å²) in [6.45, 7) is 8.54. The maximum absolute atomic E-state index is 13.2. The average Bonchev–Trinajstić information content (AvgIpc) is 2.88. The Labute approximate surface area is 211 Å². The first-order valence-corrected chi connectivity index (χ1v) is 13.0. The molecule has 1 amide bonds. The van der Waals surface area contributed by atoms with E-state index in [9.17, 15) is 4.79 Å². The minimum absolute atomic E-state index is 0.0567. The molecule has 0 radical (unpaired) electrons. The van der Waals surface area contributed by atoms with E-state index in [1.807, 2.05) is 72.8 Å². The molecule has 0 bridgehead atoms. The van der Waals surface area contributed by atoms with E-state index in [-0.39, 0.29) is 18.7 Å². The van der Waals surface area contributed by atoms with Gasteiger partial charge in [0.05, 0.1) is 5.56 Å². The first-order valence-electron chi connectivity index (χ1n) is 12.2. The first-order chi connectivity index (χ1) is 17.1. The topological polar surface area (TPSA) is 45.2 Å². The summed E-state index contributed by atoms with van der Waals surface area (Å²) in [4.78, 5) is 14.8. The Kier molecular flexibility index (Phi) is 7.27. The smallest absolute Gasteiger partial charge is 0.264 e. The van der Waals surface area contributed by atoms with Crippen molar-refractivity contribution in [3.63, 3.8) is 0 Å². The number of ether oxygens (including phenoxy) is 2. The van der Waals surface area contributed by atoms with Gasteiger partial charge in [0.25, 0.3) is 5.91 Å². The lowest BCUT2D eigenvalue weighted by Gasteiger charge is -2.40. The number of carbonyl (C=O) groups excluding carboxylic acids is 1. The monoisotopic (exact) mass is 489 g/mol. The number of amides is 1. The van der Waals surface area contributed by atoms with Crippen molar-refractivity contribution < 1.29 is 14.3 Å². The van der Waals surface area contributed by atoms with Gasteiger partial charge >= 0.3 is 0 Å². The number of hydrogen-bond donors (Lipinski definition) is 0. The Morgan fingerprint density at radius 1 is 1.00 bits per heavy atom. The van der Waals surface area contributed by atoms with Crippen LogP contribution in [0.1, 0.15) is 30.6 Å². The molecule has 2 heterocycles. The number of benzene rings is 3. The summed E-state index contributed by atoms with van der Waals surface area (Å²) in [5.74, 6) is 1.39. The highest BCUT2D eigenvalue weighted by Gasteiger charge is 2.31. The molecular formula is C28H31N3O3S. The summed E-state index contributed by atoms with van der Waals surface area (Å²) in [5, 5.41) is 0. The van der Waals surface area contributed by atoms with Crippen molar-refractivity contribution in [1.82, 2.24) is 8.61 Å². The highest BCUT2D eigenvalue weighted by Crippen LogP contribution is 2.33. The fraction of sp³-hybridized carbons (Fsp3) is 0.321. The van der Waals surface area contributed by atoms with E-state index in [0.717, 1.165) is 55.2 Å². The number of hydrogen-bond acceptors (Lipinski definition) is 6. The second-order valence-corrected chi connectivity index (χ2v) is 9.96. The van der Waals surface area contributed by atoms with Crippen LogP contribution in [-0.2, 0) is 0 Å². The molecule has 0 spiro atoms. The molecule has 5 rings (SSSR count). The van der Waals surface area contributed by atoms with E-state index in [1.54, 1.807) is 4.90 Å². The molecule has 0 aliphatic carbocycles. The average molecular weight is 490 g/mol. The zero-order chi connectivity index (χ0) is 24.2. The maximum atomic E-state index is 13.2. The fourth-order valence-electron chi connectivity index (χ4n) is 4.27. The van der Waals surface area contributed by atoms with Crippen molar-refractivity contribution in [2.45, 2.75) is 26.4 Å². The van der Waals surface area contributed by atoms with Gasteiger partial charge < -0.3 is 9.47 Å². The van der Waals surface area contributed by atoms with Crippen molar-refractivity contribution in [3.05, 3.63) is 78.4 Å². The van der Waals surface area contributed by atoms with Gasteiger partial charge in [-0.15, -0.1) is 0 Å². The highest BCUT2D eigenvalue weighted by molar-refractivity contribution is 7.94. The lowest BCUT2D eigenvalue weighted by molar-refractivity contribution is 0.0810. The second kappa shape index (κ2) is 10.7. The molecule has 3 aromatic rings. The molecular weight excluding hydrogens is 458 g/mol. The van der Waals surface area contributed by atoms with Gasteiger partial charge in [0.15, 0.2) is 6.73 Å². The van der Waals surface area contributed by atoms with Crippen molar-refractivity contribution in [3.8, 4) is 22.6 Å². The molecule has 0 saturated carbocycles. The summed E-state index contributed by atoms with van der Waals surface area (Å²) < 4.78 is 16.8. The first kappa shape index (κ1) is 23.7. The predicted octanol–water partition coefficient (Wildman–Crippen LogP) is 5.71. The van der Waals surface area contributed by atoms with Crippen LogP contribution in [0, 0.1) is 0 Å². The number of rotatable bonds is 9. The third kappa shape index (κ3) is 5.32. The summed E-state index contributed by atoms with van der Waals surface area (Å²) in [6.07, 6.45) is 1.35. The lowest BCUT2D eigenvalue weighted by atomic mass is 10.0. The minimum atomic E-state index is -0.0567. The van der Waals surface area contributed by atoms with Crippen LogP contribution in [0.25, 0.3) is 11.1 Å². The largest absolute Gasteiger partial charge is 0.488 e. The Morgan fingerprint density at radius 2 is 1.77 bits per heavy atom. The molecule has 2 aliphatic heterocycles. The van der Waals surface area contributed by atoms with E-state index < -0.39 is 0 Å². The predicted molar refractivity (Wildman–Crippen MR) is 142 cm³/mol. The standard InChI is InChI=1S/C28H31N3O3S/c1-3-16-29(4-2)35-30-18-25(19-30)34-24-13-11-23(12-14-24)31-20-33-27-17-22(10-15-26(27)28(31)32)21-8-6-5-7-9-21/h5-15,17,25H,3-4,16,18-20H2,1-2H3. The molecule has 6 nitrogen and oxygen atoms in total. The van der Waals surface area contributed by atoms with Crippen molar-refractivity contribution in [2.24, 2.45) is 0 Å². The van der Waals surface area contributed by atoms with Gasteiger partial charge in [-0.25, -0.2) is 8.61 Å². The zero-order valence-corrected chi connectivity index (χ0v) is 21.0. The normalized spacial score (nSPS) is 16.1. The van der Waals surface area contributed by atoms with Gasteiger partial charge in [-0.1, -0.05) is 50.2 Å². The van der Waals surface area contributed by atoms with Crippen molar-refractivity contribution >= 4 is 23.7 Å². The lowest BCUT2D eigenvalue weighted by Crippen LogP contribution is -2.51. The molecule has 1 fully saturated rings. The number of nitrogens with zero attached hydrogens (tertiary/aromatic N) is 3. The van der Waals surface area contributed by atoms with Gasteiger partial charge in [0, 0.05) is 44.0 Å². The summed E-state index contributed by atoms with van der Waals surface area (Å²) >= 11 is 1.81. The zero-order valence-electron chi connectivity index (χ0n) is 20.2.